The van der Waals surface area contributed by atoms with Crippen LogP contribution in [-0.2, 0) is 4.79 Å². The van der Waals surface area contributed by atoms with E-state index in [1.165, 1.54) is 10.8 Å². The van der Waals surface area contributed by atoms with Gasteiger partial charge in [-0.1, -0.05) is 6.07 Å². The second kappa shape index (κ2) is 5.69. The van der Waals surface area contributed by atoms with Crippen molar-refractivity contribution < 1.29 is 61.7 Å². The molecule has 0 bridgehead atoms. The summed E-state index contributed by atoms with van der Waals surface area (Å²) in [6, 6.07) is 1.85. The third kappa shape index (κ3) is 2.47. The van der Waals surface area contributed by atoms with E-state index in [1.807, 2.05) is 13.0 Å². The molecule has 5 nitrogen and oxygen atoms in total. The van der Waals surface area contributed by atoms with Crippen LogP contribution in [0.4, 0.5) is 0 Å². The van der Waals surface area contributed by atoms with Crippen LogP contribution >= 0.6 is 0 Å². The Hall–Kier alpha value is -0.114. The first-order valence-corrected chi connectivity index (χ1v) is 3.50. The second-order valence-corrected chi connectivity index (χ2v) is 2.57. The topological polar surface area (TPSA) is 77.3 Å². The summed E-state index contributed by atoms with van der Waals surface area (Å²) in [5.74, 6) is 0. The maximum atomic E-state index is 10.4. The first-order valence-electron chi connectivity index (χ1n) is 3.50. The van der Waals surface area contributed by atoms with Crippen molar-refractivity contribution in [1.82, 2.24) is 14.8 Å². The van der Waals surface area contributed by atoms with E-state index >= 15 is 0 Å². The fraction of sp³-hybridized carbons (Fsp3) is 0.125. The normalized spacial score (nSPS) is 8.93. The largest absolute Gasteiger partial charge is 1.00 e. The van der Waals surface area contributed by atoms with Gasteiger partial charge in [-0.15, -0.1) is 5.56 Å². The molecule has 6 heteroatoms. The Morgan fingerprint density at radius 3 is 2.64 bits per heavy atom. The van der Waals surface area contributed by atoms with Crippen molar-refractivity contribution in [3.63, 3.8) is 0 Å². The van der Waals surface area contributed by atoms with Gasteiger partial charge in [-0.2, -0.15) is 5.10 Å². The molecule has 2 heterocycles. The van der Waals surface area contributed by atoms with E-state index in [0.29, 0.717) is 11.1 Å². The van der Waals surface area contributed by atoms with Crippen molar-refractivity contribution in [2.45, 2.75) is 6.92 Å². The summed E-state index contributed by atoms with van der Waals surface area (Å²) in [7, 11) is 0. The zero-order chi connectivity index (χ0) is 8.55. The van der Waals surface area contributed by atoms with Crippen LogP contribution in [0.15, 0.2) is 18.5 Å². The fourth-order valence-electron chi connectivity index (χ4n) is 1.05. The van der Waals surface area contributed by atoms with Gasteiger partial charge >= 0.3 is 51.4 Å². The van der Waals surface area contributed by atoms with E-state index in [9.17, 15) is 4.79 Å². The Bertz CT molecular complexity index is 441. The molecule has 0 amide bonds. The van der Waals surface area contributed by atoms with Crippen LogP contribution in [0.5, 0.6) is 0 Å². The Morgan fingerprint density at radius 2 is 2.00 bits per heavy atom. The van der Waals surface area contributed by atoms with Crippen LogP contribution in [0.25, 0.3) is 5.52 Å². The van der Waals surface area contributed by atoms with Crippen LogP contribution < -0.4 is 51.4 Å². The second-order valence-electron chi connectivity index (χ2n) is 2.57. The summed E-state index contributed by atoms with van der Waals surface area (Å²) in [6.07, 6.45) is 4.95. The van der Waals surface area contributed by atoms with Crippen LogP contribution in [0, 0.1) is 6.92 Å². The summed E-state index contributed by atoms with van der Waals surface area (Å²) < 4.78 is 1.41. The molecule has 0 aliphatic heterocycles. The molecule has 0 saturated heterocycles. The summed E-state index contributed by atoms with van der Waals surface area (Å²) in [5.41, 5.74) is 2.15. The molecule has 0 aliphatic carbocycles. The summed E-state index contributed by atoms with van der Waals surface area (Å²) >= 11 is 0. The third-order valence-corrected chi connectivity index (χ3v) is 1.63. The van der Waals surface area contributed by atoms with Crippen molar-refractivity contribution in [3.8, 4) is 0 Å². The van der Waals surface area contributed by atoms with Gasteiger partial charge in [0.15, 0.2) is 0 Å². The molecule has 14 heavy (non-hydrogen) atoms. The maximum Gasteiger partial charge on any atom is 1.00 e. The molecule has 2 rings (SSSR count). The number of fused-ring (bicyclic) bond motifs is 1. The molecule has 68 valence electrons. The van der Waals surface area contributed by atoms with E-state index in [2.05, 4.69) is 10.2 Å². The molecule has 0 fully saturated rings. The Kier molecular flexibility index (Phi) is 5.64. The average Bonchev–Trinajstić information content (AvgIpc) is 2.46. The van der Waals surface area contributed by atoms with Gasteiger partial charge < -0.3 is 10.3 Å². The fourth-order valence-corrected chi connectivity index (χ4v) is 1.05. The number of hydrogen-bond donors (Lipinski definition) is 0. The zero-order valence-corrected chi connectivity index (χ0v) is 11.1. The molecule has 0 aromatic carbocycles. The van der Waals surface area contributed by atoms with Gasteiger partial charge in [0, 0.05) is 0 Å². The number of rotatable bonds is 1. The minimum Gasteiger partial charge on any atom is -0.870 e. The molecular weight excluding hydrogens is 209 g/mol. The molecule has 2 aromatic heterocycles. The third-order valence-electron chi connectivity index (χ3n) is 1.63. The van der Waals surface area contributed by atoms with Gasteiger partial charge in [0.25, 0.3) is 0 Å². The first-order chi connectivity index (χ1) is 5.81. The molecule has 2 aromatic rings. The Labute approximate surface area is 123 Å². The van der Waals surface area contributed by atoms with Crippen molar-refractivity contribution in [2.75, 3.05) is 0 Å². The summed E-state index contributed by atoms with van der Waals surface area (Å²) in [4.78, 5) is 10.4. The predicted octanol–water partition coefficient (Wildman–Crippen LogP) is -2.68. The number of hydrogen-bond acceptors (Lipinski definition) is 4. The molecule has 0 saturated carbocycles. The molecule has 0 spiro atoms. The van der Waals surface area contributed by atoms with Crippen molar-refractivity contribution in [2.24, 2.45) is 0 Å². The number of aryl methyl sites for hydroxylation is 1. The van der Waals surface area contributed by atoms with Gasteiger partial charge in [0.05, 0.1) is 12.5 Å². The summed E-state index contributed by atoms with van der Waals surface area (Å²) in [5, 5.41) is 7.85. The maximum absolute atomic E-state index is 10.4. The van der Waals surface area contributed by atoms with Crippen molar-refractivity contribution in [3.05, 3.63) is 29.6 Å². The Morgan fingerprint density at radius 1 is 1.36 bits per heavy atom. The minimum absolute atomic E-state index is 0. The molecule has 0 aliphatic rings. The van der Waals surface area contributed by atoms with Gasteiger partial charge in [-0.05, 0) is 24.2 Å². The minimum atomic E-state index is 0. The van der Waals surface area contributed by atoms with Crippen LogP contribution in [0.3, 0.4) is 0 Å². The Balaban J connectivity index is 0.000000845. The van der Waals surface area contributed by atoms with Gasteiger partial charge in [-0.3, -0.25) is 0 Å². The van der Waals surface area contributed by atoms with Gasteiger partial charge in [-0.25, -0.2) is 9.73 Å². The molecular formula is C8H7KN3O2-. The van der Waals surface area contributed by atoms with E-state index in [0.717, 1.165) is 5.56 Å². The molecule has 0 unspecified atom stereocenters. The average molecular weight is 216 g/mol. The number of aromatic nitrogens is 3. The van der Waals surface area contributed by atoms with Crippen molar-refractivity contribution in [1.29, 1.82) is 0 Å². The standard InChI is InChI=1S/C8H6N3O.K.H2O/c1-6-2-8-7(5-12)4-10-11(8)9-3-6;;/h2-4H,1H3;;1H2/q-1;+1;/p-1. The van der Waals surface area contributed by atoms with Crippen LogP contribution in [-0.4, -0.2) is 26.6 Å². The quantitative estimate of drug-likeness (QED) is 0.384. The van der Waals surface area contributed by atoms with E-state index in [1.54, 1.807) is 12.5 Å². The van der Waals surface area contributed by atoms with E-state index < -0.39 is 0 Å². The van der Waals surface area contributed by atoms with Gasteiger partial charge in [0.1, 0.15) is 0 Å². The smallest absolute Gasteiger partial charge is 0.870 e. The molecule has 0 atom stereocenters. The monoisotopic (exact) mass is 216 g/mol. The van der Waals surface area contributed by atoms with E-state index in [4.69, 9.17) is 0 Å². The summed E-state index contributed by atoms with van der Waals surface area (Å²) in [6.45, 7) is 1.91. The number of carbonyl (C=O) groups excluding carboxylic acids is 1. The first kappa shape index (κ1) is 13.9. The van der Waals surface area contributed by atoms with E-state index in [-0.39, 0.29) is 56.9 Å². The predicted molar refractivity (Wildman–Crippen MR) is 44.5 cm³/mol. The zero-order valence-electron chi connectivity index (χ0n) is 7.93. The van der Waals surface area contributed by atoms with Crippen molar-refractivity contribution >= 4 is 11.8 Å². The van der Waals surface area contributed by atoms with Crippen LogP contribution in [0.2, 0.25) is 0 Å². The number of nitrogens with zero attached hydrogens (tertiary/aromatic N) is 3. The van der Waals surface area contributed by atoms with Gasteiger partial charge in [0.2, 0.25) is 0 Å². The molecule has 0 radical (unpaired) electrons. The van der Waals surface area contributed by atoms with Crippen LogP contribution in [0.1, 0.15) is 11.1 Å². The SMILES string of the molecule is Cc1cnn2ncc([C-]=O)c2c1.[K+].[OH-]. The molecule has 1 N–H and O–H groups in total.